The number of nitrogens with one attached hydrogen (secondary N) is 1. The molecule has 5 rings (SSSR count). The molecule has 0 bridgehead atoms. The van der Waals surface area contributed by atoms with Crippen LogP contribution in [0.5, 0.6) is 6.01 Å². The third-order valence-electron chi connectivity index (χ3n) is 5.70. The van der Waals surface area contributed by atoms with Gasteiger partial charge >= 0.3 is 12.0 Å². The van der Waals surface area contributed by atoms with Crippen LogP contribution in [0.1, 0.15) is 25.7 Å². The second kappa shape index (κ2) is 8.33. The Balaban J connectivity index is 1.25. The average Bonchev–Trinajstić information content (AvgIpc) is 3.23. The largest absolute Gasteiger partial charge is 0.481 e. The molecule has 0 radical (unpaired) electrons. The zero-order chi connectivity index (χ0) is 22.1. The fraction of sp³-hybridized carbons (Fsp3) is 0.261. The van der Waals surface area contributed by atoms with Gasteiger partial charge in [0.2, 0.25) is 0 Å². The predicted octanol–water partition coefficient (Wildman–Crippen LogP) is 4.24. The highest BCUT2D eigenvalue weighted by Gasteiger charge is 2.27. The number of H-pyrrole nitrogens is 1. The van der Waals surface area contributed by atoms with Gasteiger partial charge in [-0.25, -0.2) is 19.3 Å². The van der Waals surface area contributed by atoms with E-state index in [9.17, 15) is 9.18 Å². The second-order valence-corrected chi connectivity index (χ2v) is 7.86. The minimum atomic E-state index is -0.739. The molecule has 162 valence electrons. The molecule has 0 spiro atoms. The van der Waals surface area contributed by atoms with Crippen LogP contribution < -0.4 is 4.74 Å². The average molecular weight is 433 g/mol. The highest BCUT2D eigenvalue weighted by atomic mass is 19.1. The van der Waals surface area contributed by atoms with Gasteiger partial charge in [0.1, 0.15) is 17.7 Å². The molecule has 0 atom stereocenters. The molecule has 9 heteroatoms. The Morgan fingerprint density at radius 3 is 2.44 bits per heavy atom. The standard InChI is InChI=1S/C23H20FN5O3/c24-16-4-8-19-20(9-16)29-21(28-19)14-3-7-18(25-10-14)15-11-26-23(27-12-15)32-17-5-1-13(2-6-17)22(30)31/h3-4,7-13,17H,1-2,5-6H2,(H,28,29)(H,30,31)/t13-,17+. The number of fused-ring (bicyclic) bond motifs is 1. The second-order valence-electron chi connectivity index (χ2n) is 7.86. The topological polar surface area (TPSA) is 114 Å². The fourth-order valence-electron chi connectivity index (χ4n) is 3.91. The molecule has 4 aromatic rings. The van der Waals surface area contributed by atoms with E-state index in [0.717, 1.165) is 11.1 Å². The number of ether oxygens (including phenoxy) is 1. The molecule has 1 saturated carbocycles. The number of benzene rings is 1. The number of carboxylic acids is 1. The molecule has 3 aromatic heterocycles. The molecule has 3 heterocycles. The van der Waals surface area contributed by atoms with E-state index in [1.165, 1.54) is 12.1 Å². The summed E-state index contributed by atoms with van der Waals surface area (Å²) >= 11 is 0. The number of pyridine rings is 1. The van der Waals surface area contributed by atoms with Gasteiger partial charge in [-0.05, 0) is 56.0 Å². The van der Waals surface area contributed by atoms with Crippen molar-refractivity contribution in [2.45, 2.75) is 31.8 Å². The molecule has 0 saturated heterocycles. The van der Waals surface area contributed by atoms with Gasteiger partial charge in [-0.3, -0.25) is 9.78 Å². The van der Waals surface area contributed by atoms with Crippen molar-refractivity contribution in [3.63, 3.8) is 0 Å². The van der Waals surface area contributed by atoms with Crippen LogP contribution in [0.2, 0.25) is 0 Å². The summed E-state index contributed by atoms with van der Waals surface area (Å²) in [6.45, 7) is 0. The number of carboxylic acid groups (broad SMARTS) is 1. The number of halogens is 1. The van der Waals surface area contributed by atoms with Crippen LogP contribution in [0.3, 0.4) is 0 Å². The number of carbonyl (C=O) groups is 1. The van der Waals surface area contributed by atoms with Crippen molar-refractivity contribution in [2.75, 3.05) is 0 Å². The molecule has 1 aliphatic carbocycles. The lowest BCUT2D eigenvalue weighted by molar-refractivity contribution is -0.143. The molecule has 1 aliphatic rings. The van der Waals surface area contributed by atoms with Gasteiger partial charge in [-0.1, -0.05) is 0 Å². The molecule has 8 nitrogen and oxygen atoms in total. The molecule has 0 aliphatic heterocycles. The lowest BCUT2D eigenvalue weighted by Gasteiger charge is -2.25. The normalized spacial score (nSPS) is 18.5. The summed E-state index contributed by atoms with van der Waals surface area (Å²) in [5.41, 5.74) is 3.54. The van der Waals surface area contributed by atoms with Crippen molar-refractivity contribution < 1.29 is 19.0 Å². The number of imidazole rings is 1. The lowest BCUT2D eigenvalue weighted by Crippen LogP contribution is -2.28. The number of aromatic nitrogens is 5. The van der Waals surface area contributed by atoms with E-state index in [-0.39, 0.29) is 23.8 Å². The third-order valence-corrected chi connectivity index (χ3v) is 5.70. The molecule has 32 heavy (non-hydrogen) atoms. The van der Waals surface area contributed by atoms with E-state index in [1.54, 1.807) is 24.7 Å². The number of hydrogen-bond acceptors (Lipinski definition) is 6. The molecule has 2 N–H and O–H groups in total. The maximum atomic E-state index is 13.4. The monoisotopic (exact) mass is 433 g/mol. The highest BCUT2D eigenvalue weighted by molar-refractivity contribution is 5.79. The van der Waals surface area contributed by atoms with E-state index in [0.29, 0.717) is 48.2 Å². The van der Waals surface area contributed by atoms with Crippen LogP contribution in [-0.2, 0) is 4.79 Å². The summed E-state index contributed by atoms with van der Waals surface area (Å²) in [6, 6.07) is 8.41. The van der Waals surface area contributed by atoms with Gasteiger partial charge < -0.3 is 14.8 Å². The minimum absolute atomic E-state index is 0.0638. The Hall–Kier alpha value is -3.88. The minimum Gasteiger partial charge on any atom is -0.481 e. The maximum Gasteiger partial charge on any atom is 0.316 e. The van der Waals surface area contributed by atoms with Gasteiger partial charge in [0.15, 0.2) is 0 Å². The number of hydrogen-bond donors (Lipinski definition) is 2. The first kappa shape index (κ1) is 20.0. The Morgan fingerprint density at radius 2 is 1.75 bits per heavy atom. The van der Waals surface area contributed by atoms with Crippen molar-refractivity contribution in [3.05, 3.63) is 54.7 Å². The van der Waals surface area contributed by atoms with E-state index in [1.807, 2.05) is 12.1 Å². The quantitative estimate of drug-likeness (QED) is 0.484. The summed E-state index contributed by atoms with van der Waals surface area (Å²) in [5.74, 6) is -0.728. The molecular weight excluding hydrogens is 413 g/mol. The maximum absolute atomic E-state index is 13.4. The lowest BCUT2D eigenvalue weighted by atomic mass is 9.87. The van der Waals surface area contributed by atoms with Crippen molar-refractivity contribution in [2.24, 2.45) is 5.92 Å². The molecular formula is C23H20FN5O3. The van der Waals surface area contributed by atoms with Crippen LogP contribution in [0.15, 0.2) is 48.9 Å². The van der Waals surface area contributed by atoms with E-state index in [4.69, 9.17) is 9.84 Å². The van der Waals surface area contributed by atoms with Gasteiger partial charge in [-0.2, -0.15) is 0 Å². The SMILES string of the molecule is O=C(O)[C@H]1CC[C@@H](Oc2ncc(-c3ccc(-c4nc5ccc(F)cc5[nH]4)cn3)cn2)CC1. The van der Waals surface area contributed by atoms with E-state index < -0.39 is 5.97 Å². The van der Waals surface area contributed by atoms with Crippen molar-refractivity contribution in [3.8, 4) is 28.7 Å². The van der Waals surface area contributed by atoms with E-state index in [2.05, 4.69) is 24.9 Å². The zero-order valence-corrected chi connectivity index (χ0v) is 17.0. The van der Waals surface area contributed by atoms with Crippen LogP contribution in [0, 0.1) is 11.7 Å². The first-order chi connectivity index (χ1) is 15.5. The van der Waals surface area contributed by atoms with Gasteiger partial charge in [-0.15, -0.1) is 0 Å². The summed E-state index contributed by atoms with van der Waals surface area (Å²) < 4.78 is 19.2. The summed E-state index contributed by atoms with van der Waals surface area (Å²) in [6.07, 6.45) is 7.50. The Kier molecular flexibility index (Phi) is 5.22. The zero-order valence-electron chi connectivity index (χ0n) is 17.0. The van der Waals surface area contributed by atoms with Crippen molar-refractivity contribution >= 4 is 17.0 Å². The van der Waals surface area contributed by atoms with Crippen LogP contribution in [-0.4, -0.2) is 42.1 Å². The summed E-state index contributed by atoms with van der Waals surface area (Å²) in [5, 5.41) is 9.09. The summed E-state index contributed by atoms with van der Waals surface area (Å²) in [7, 11) is 0. The molecule has 1 fully saturated rings. The molecule has 1 aromatic carbocycles. The third kappa shape index (κ3) is 4.14. The number of rotatable bonds is 5. The number of nitrogens with zero attached hydrogens (tertiary/aromatic N) is 4. The van der Waals surface area contributed by atoms with Crippen molar-refractivity contribution in [1.29, 1.82) is 0 Å². The Morgan fingerprint density at radius 1 is 1.00 bits per heavy atom. The van der Waals surface area contributed by atoms with E-state index >= 15 is 0 Å². The first-order valence-electron chi connectivity index (χ1n) is 10.4. The highest BCUT2D eigenvalue weighted by Crippen LogP contribution is 2.27. The fourth-order valence-corrected chi connectivity index (χ4v) is 3.91. The predicted molar refractivity (Wildman–Crippen MR) is 114 cm³/mol. The number of aliphatic carboxylic acids is 1. The number of aromatic amines is 1. The molecule has 0 amide bonds. The van der Waals surface area contributed by atoms with Crippen molar-refractivity contribution in [1.82, 2.24) is 24.9 Å². The smallest absolute Gasteiger partial charge is 0.316 e. The molecule has 0 unspecified atom stereocenters. The first-order valence-corrected chi connectivity index (χ1v) is 10.4. The van der Waals surface area contributed by atoms with Crippen LogP contribution in [0.4, 0.5) is 4.39 Å². The van der Waals surface area contributed by atoms with Gasteiger partial charge in [0.05, 0.1) is 22.6 Å². The summed E-state index contributed by atoms with van der Waals surface area (Å²) in [4.78, 5) is 31.7. The Bertz CT molecular complexity index is 1250. The van der Waals surface area contributed by atoms with Gasteiger partial charge in [0, 0.05) is 29.7 Å². The Labute approximate surface area is 182 Å². The van der Waals surface area contributed by atoms with Gasteiger partial charge in [0.25, 0.3) is 0 Å². The van der Waals surface area contributed by atoms with Crippen LogP contribution in [0.25, 0.3) is 33.7 Å². The van der Waals surface area contributed by atoms with Crippen LogP contribution >= 0.6 is 0 Å².